The number of hydrogen-bond donors (Lipinski definition) is 1. The van der Waals surface area contributed by atoms with Gasteiger partial charge in [-0.25, -0.2) is 4.68 Å². The van der Waals surface area contributed by atoms with Gasteiger partial charge in [0.2, 0.25) is 0 Å². The van der Waals surface area contributed by atoms with E-state index in [0.29, 0.717) is 11.7 Å². The van der Waals surface area contributed by atoms with E-state index >= 15 is 0 Å². The number of primary amides is 1. The molecule has 0 aromatic carbocycles. The Kier molecular flexibility index (Phi) is 1.39. The first-order chi connectivity index (χ1) is 5.70. The molecule has 1 aliphatic rings. The van der Waals surface area contributed by atoms with Crippen LogP contribution in [0.5, 0.6) is 0 Å². The number of amides is 1. The maximum Gasteiger partial charge on any atom is 0.271 e. The molecule has 0 bridgehead atoms. The minimum absolute atomic E-state index is 0.293. The van der Waals surface area contributed by atoms with Crippen LogP contribution in [-0.2, 0) is 0 Å². The number of carbonyl (C=O) groups excluding carboxylic acids is 1. The summed E-state index contributed by atoms with van der Waals surface area (Å²) in [6.45, 7) is 1.82. The Bertz CT molecular complexity index is 326. The van der Waals surface area contributed by atoms with Gasteiger partial charge in [-0.1, -0.05) is 5.21 Å². The maximum absolute atomic E-state index is 10.8. The minimum atomic E-state index is -0.501. The molecule has 0 unspecified atom stereocenters. The number of nitrogens with two attached hydrogens (primary N) is 1. The van der Waals surface area contributed by atoms with E-state index in [2.05, 4.69) is 10.3 Å². The number of rotatable bonds is 2. The van der Waals surface area contributed by atoms with Gasteiger partial charge >= 0.3 is 0 Å². The lowest BCUT2D eigenvalue weighted by atomic mass is 10.3. The molecule has 1 saturated carbocycles. The third kappa shape index (κ3) is 0.975. The first kappa shape index (κ1) is 7.27. The van der Waals surface area contributed by atoms with Gasteiger partial charge in [0.25, 0.3) is 5.91 Å². The van der Waals surface area contributed by atoms with Crippen LogP contribution in [0.4, 0.5) is 0 Å². The van der Waals surface area contributed by atoms with Crippen molar-refractivity contribution in [3.8, 4) is 0 Å². The molecule has 0 radical (unpaired) electrons. The molecule has 1 aliphatic carbocycles. The largest absolute Gasteiger partial charge is 0.364 e. The summed E-state index contributed by atoms with van der Waals surface area (Å²) in [5.74, 6) is -0.501. The summed E-state index contributed by atoms with van der Waals surface area (Å²) in [4.78, 5) is 10.8. The van der Waals surface area contributed by atoms with E-state index in [9.17, 15) is 4.79 Å². The van der Waals surface area contributed by atoms with Crippen molar-refractivity contribution in [2.45, 2.75) is 25.8 Å². The Morgan fingerprint density at radius 3 is 2.75 bits per heavy atom. The summed E-state index contributed by atoms with van der Waals surface area (Å²) >= 11 is 0. The van der Waals surface area contributed by atoms with Crippen LogP contribution >= 0.6 is 0 Å². The third-order valence-corrected chi connectivity index (χ3v) is 2.05. The molecule has 12 heavy (non-hydrogen) atoms. The van der Waals surface area contributed by atoms with Crippen LogP contribution < -0.4 is 5.73 Å². The number of aromatic nitrogens is 3. The molecule has 0 saturated heterocycles. The van der Waals surface area contributed by atoms with Gasteiger partial charge in [-0.05, 0) is 19.8 Å². The quantitative estimate of drug-likeness (QED) is 0.673. The van der Waals surface area contributed by atoms with E-state index in [4.69, 9.17) is 5.73 Å². The van der Waals surface area contributed by atoms with Crippen LogP contribution in [0.2, 0.25) is 0 Å². The van der Waals surface area contributed by atoms with E-state index in [1.807, 2.05) is 6.92 Å². The molecule has 1 amide bonds. The fraction of sp³-hybridized carbons (Fsp3) is 0.571. The average Bonchev–Trinajstić information content (AvgIpc) is 2.75. The van der Waals surface area contributed by atoms with Gasteiger partial charge in [-0.2, -0.15) is 0 Å². The van der Waals surface area contributed by atoms with Gasteiger partial charge < -0.3 is 5.73 Å². The van der Waals surface area contributed by atoms with Crippen LogP contribution in [0.25, 0.3) is 0 Å². The Morgan fingerprint density at radius 1 is 1.67 bits per heavy atom. The predicted molar refractivity (Wildman–Crippen MR) is 41.5 cm³/mol. The molecule has 64 valence electrons. The highest BCUT2D eigenvalue weighted by Gasteiger charge is 2.28. The van der Waals surface area contributed by atoms with E-state index in [0.717, 1.165) is 18.5 Å². The maximum atomic E-state index is 10.8. The van der Waals surface area contributed by atoms with E-state index < -0.39 is 5.91 Å². The minimum Gasteiger partial charge on any atom is -0.364 e. The molecule has 5 heteroatoms. The fourth-order valence-electron chi connectivity index (χ4n) is 1.23. The number of carbonyl (C=O) groups is 1. The van der Waals surface area contributed by atoms with Crippen molar-refractivity contribution in [1.82, 2.24) is 15.0 Å². The average molecular weight is 166 g/mol. The van der Waals surface area contributed by atoms with E-state index in [1.165, 1.54) is 0 Å². The number of hydrogen-bond acceptors (Lipinski definition) is 3. The zero-order chi connectivity index (χ0) is 8.72. The molecule has 0 spiro atoms. The Morgan fingerprint density at radius 2 is 2.33 bits per heavy atom. The van der Waals surface area contributed by atoms with Crippen LogP contribution in [0.3, 0.4) is 0 Å². The highest BCUT2D eigenvalue weighted by Crippen LogP contribution is 2.35. The van der Waals surface area contributed by atoms with E-state index in [1.54, 1.807) is 4.68 Å². The number of nitrogens with zero attached hydrogens (tertiary/aromatic N) is 3. The molecule has 1 heterocycles. The standard InChI is InChI=1S/C7H10N4O/c1-4-6(7(8)12)9-10-11(4)5-2-3-5/h5H,2-3H2,1H3,(H2,8,12). The molecule has 2 rings (SSSR count). The van der Waals surface area contributed by atoms with Crippen molar-refractivity contribution in [2.24, 2.45) is 5.73 Å². The molecule has 5 nitrogen and oxygen atoms in total. The van der Waals surface area contributed by atoms with Crippen LogP contribution in [-0.4, -0.2) is 20.9 Å². The lowest BCUT2D eigenvalue weighted by Crippen LogP contribution is -2.13. The van der Waals surface area contributed by atoms with Crippen molar-refractivity contribution in [1.29, 1.82) is 0 Å². The second-order valence-electron chi connectivity index (χ2n) is 3.06. The topological polar surface area (TPSA) is 73.8 Å². The highest BCUT2D eigenvalue weighted by molar-refractivity contribution is 5.91. The van der Waals surface area contributed by atoms with Crippen molar-refractivity contribution in [2.75, 3.05) is 0 Å². The molecular weight excluding hydrogens is 156 g/mol. The van der Waals surface area contributed by atoms with Crippen molar-refractivity contribution in [3.63, 3.8) is 0 Å². The summed E-state index contributed by atoms with van der Waals surface area (Å²) in [6, 6.07) is 0.450. The van der Waals surface area contributed by atoms with Crippen molar-refractivity contribution < 1.29 is 4.79 Å². The monoisotopic (exact) mass is 166 g/mol. The van der Waals surface area contributed by atoms with Crippen LogP contribution in [0.15, 0.2) is 0 Å². The van der Waals surface area contributed by atoms with Gasteiger partial charge in [0.1, 0.15) is 0 Å². The Labute approximate surface area is 69.5 Å². The van der Waals surface area contributed by atoms with Crippen molar-refractivity contribution in [3.05, 3.63) is 11.4 Å². The van der Waals surface area contributed by atoms with Crippen LogP contribution in [0, 0.1) is 6.92 Å². The summed E-state index contributed by atoms with van der Waals surface area (Å²) in [6.07, 6.45) is 2.25. The van der Waals surface area contributed by atoms with Crippen molar-refractivity contribution >= 4 is 5.91 Å². The van der Waals surface area contributed by atoms with E-state index in [-0.39, 0.29) is 0 Å². The smallest absolute Gasteiger partial charge is 0.271 e. The first-order valence-electron chi connectivity index (χ1n) is 3.91. The van der Waals surface area contributed by atoms with Gasteiger partial charge in [-0.3, -0.25) is 4.79 Å². The normalized spacial score (nSPS) is 16.4. The molecule has 1 aromatic heterocycles. The molecule has 0 aliphatic heterocycles. The summed E-state index contributed by atoms with van der Waals surface area (Å²) in [5.41, 5.74) is 6.17. The lowest BCUT2D eigenvalue weighted by molar-refractivity contribution is 0.0995. The fourth-order valence-corrected chi connectivity index (χ4v) is 1.23. The molecule has 2 N–H and O–H groups in total. The summed E-state index contributed by atoms with van der Waals surface area (Å²) in [5, 5.41) is 7.58. The first-order valence-corrected chi connectivity index (χ1v) is 3.91. The van der Waals surface area contributed by atoms with Gasteiger partial charge in [-0.15, -0.1) is 5.10 Å². The van der Waals surface area contributed by atoms with Crippen LogP contribution in [0.1, 0.15) is 35.1 Å². The second kappa shape index (κ2) is 2.30. The Hall–Kier alpha value is -1.39. The third-order valence-electron chi connectivity index (χ3n) is 2.05. The molecule has 1 aromatic rings. The summed E-state index contributed by atoms with van der Waals surface area (Å²) < 4.78 is 1.78. The Balaban J connectivity index is 2.39. The highest BCUT2D eigenvalue weighted by atomic mass is 16.1. The van der Waals surface area contributed by atoms with Gasteiger partial charge in [0, 0.05) is 0 Å². The SMILES string of the molecule is Cc1c(C(N)=O)nnn1C1CC1. The molecule has 0 atom stereocenters. The van der Waals surface area contributed by atoms with Gasteiger partial charge in [0.05, 0.1) is 11.7 Å². The second-order valence-corrected chi connectivity index (χ2v) is 3.06. The molecular formula is C7H10N4O. The lowest BCUT2D eigenvalue weighted by Gasteiger charge is -1.97. The predicted octanol–water partition coefficient (Wildman–Crippen LogP) is 0.0203. The zero-order valence-electron chi connectivity index (χ0n) is 6.82. The zero-order valence-corrected chi connectivity index (χ0v) is 6.82. The summed E-state index contributed by atoms with van der Waals surface area (Å²) in [7, 11) is 0. The van der Waals surface area contributed by atoms with Gasteiger partial charge in [0.15, 0.2) is 5.69 Å². The molecule has 1 fully saturated rings.